The summed E-state index contributed by atoms with van der Waals surface area (Å²) in [5.41, 5.74) is 0.357. The molecule has 196 valence electrons. The highest BCUT2D eigenvalue weighted by atomic mass is 35.5. The molecule has 6 nitrogen and oxygen atoms in total. The van der Waals surface area contributed by atoms with Gasteiger partial charge < -0.3 is 24.6 Å². The molecule has 0 radical (unpaired) electrons. The molecule has 1 aliphatic heterocycles. The largest absolute Gasteiger partial charge is 0.497 e. The minimum absolute atomic E-state index is 0.00909. The van der Waals surface area contributed by atoms with Crippen molar-refractivity contribution in [2.75, 3.05) is 55.5 Å². The highest BCUT2D eigenvalue weighted by Crippen LogP contribution is 2.34. The molecule has 3 aromatic carbocycles. The molecule has 12 heteroatoms. The van der Waals surface area contributed by atoms with E-state index >= 15 is 0 Å². The fraction of sp³-hybridized carbons (Fsp3) is 0.240. The van der Waals surface area contributed by atoms with Gasteiger partial charge in [0.2, 0.25) is 5.82 Å². The van der Waals surface area contributed by atoms with Crippen LogP contribution >= 0.6 is 11.6 Å². The molecular formula is C25H21ClF5N3O3. The Balaban J connectivity index is 1.46. The van der Waals surface area contributed by atoms with E-state index < -0.39 is 40.7 Å². The van der Waals surface area contributed by atoms with Crippen LogP contribution in [0.25, 0.3) is 0 Å². The van der Waals surface area contributed by atoms with Crippen molar-refractivity contribution in [3.8, 4) is 11.5 Å². The number of methoxy groups -OCH3 is 2. The fourth-order valence-electron chi connectivity index (χ4n) is 4.02. The number of halogens is 6. The monoisotopic (exact) mass is 541 g/mol. The lowest BCUT2D eigenvalue weighted by Crippen LogP contribution is -2.47. The zero-order valence-electron chi connectivity index (χ0n) is 19.7. The zero-order valence-corrected chi connectivity index (χ0v) is 20.4. The molecule has 1 amide bonds. The Morgan fingerprint density at radius 1 is 0.784 bits per heavy atom. The lowest BCUT2D eigenvalue weighted by molar-refractivity contribution is 0.102. The van der Waals surface area contributed by atoms with Gasteiger partial charge in [0.1, 0.15) is 17.2 Å². The first kappa shape index (κ1) is 26.3. The third kappa shape index (κ3) is 5.22. The van der Waals surface area contributed by atoms with Crippen LogP contribution in [-0.2, 0) is 0 Å². The average Bonchev–Trinajstić information content (AvgIpc) is 2.91. The lowest BCUT2D eigenvalue weighted by atomic mass is 10.1. The topological polar surface area (TPSA) is 54.0 Å². The Morgan fingerprint density at radius 3 is 1.81 bits per heavy atom. The van der Waals surface area contributed by atoms with Gasteiger partial charge in [-0.05, 0) is 30.3 Å². The molecule has 0 bridgehead atoms. The van der Waals surface area contributed by atoms with Crippen LogP contribution in [-0.4, -0.2) is 46.3 Å². The van der Waals surface area contributed by atoms with Crippen molar-refractivity contribution < 1.29 is 36.2 Å². The normalized spacial score (nSPS) is 13.5. The molecular weight excluding hydrogens is 521 g/mol. The minimum Gasteiger partial charge on any atom is -0.497 e. The summed E-state index contributed by atoms with van der Waals surface area (Å²) in [6, 6.07) is 9.58. The van der Waals surface area contributed by atoms with Crippen molar-refractivity contribution in [1.82, 2.24) is 0 Å². The maximum Gasteiger partial charge on any atom is 0.255 e. The Kier molecular flexibility index (Phi) is 7.63. The number of carbonyl (C=O) groups excluding carboxylic acids is 1. The summed E-state index contributed by atoms with van der Waals surface area (Å²) >= 11 is 6.44. The Bertz CT molecular complexity index is 1300. The van der Waals surface area contributed by atoms with Crippen molar-refractivity contribution in [1.29, 1.82) is 0 Å². The van der Waals surface area contributed by atoms with Crippen LogP contribution in [0, 0.1) is 29.1 Å². The Labute approximate surface area is 214 Å². The van der Waals surface area contributed by atoms with Gasteiger partial charge in [0, 0.05) is 43.5 Å². The van der Waals surface area contributed by atoms with E-state index in [-0.39, 0.29) is 26.2 Å². The van der Waals surface area contributed by atoms with Crippen LogP contribution in [0.3, 0.4) is 0 Å². The van der Waals surface area contributed by atoms with E-state index in [1.165, 1.54) is 14.2 Å². The molecule has 37 heavy (non-hydrogen) atoms. The van der Waals surface area contributed by atoms with Crippen LogP contribution in [0.4, 0.5) is 39.0 Å². The molecule has 1 fully saturated rings. The van der Waals surface area contributed by atoms with Gasteiger partial charge in [0.05, 0.1) is 24.9 Å². The van der Waals surface area contributed by atoms with Gasteiger partial charge in [0.25, 0.3) is 5.91 Å². The van der Waals surface area contributed by atoms with E-state index in [0.717, 1.165) is 4.90 Å². The van der Waals surface area contributed by atoms with Gasteiger partial charge in [-0.15, -0.1) is 0 Å². The van der Waals surface area contributed by atoms with Crippen LogP contribution in [0.2, 0.25) is 5.02 Å². The SMILES string of the molecule is COc1cc(OC)cc(C(=O)Nc2ccc(N3CCN(c4c(F)c(F)c(F)c(F)c4F)CC3)c(Cl)c2)c1. The van der Waals surface area contributed by atoms with Gasteiger partial charge in [-0.2, -0.15) is 0 Å². The van der Waals surface area contributed by atoms with E-state index in [0.29, 0.717) is 33.5 Å². The number of carbonyl (C=O) groups is 1. The molecule has 1 N–H and O–H groups in total. The molecule has 3 aromatic rings. The molecule has 0 unspecified atom stereocenters. The van der Waals surface area contributed by atoms with Gasteiger partial charge in [0.15, 0.2) is 23.3 Å². The van der Waals surface area contributed by atoms with E-state index in [2.05, 4.69) is 5.32 Å². The summed E-state index contributed by atoms with van der Waals surface area (Å²) in [5, 5.41) is 3.04. The first-order valence-corrected chi connectivity index (χ1v) is 11.4. The van der Waals surface area contributed by atoms with Crippen LogP contribution < -0.4 is 24.6 Å². The van der Waals surface area contributed by atoms with Crippen molar-refractivity contribution in [2.45, 2.75) is 0 Å². The second-order valence-corrected chi connectivity index (χ2v) is 8.52. The van der Waals surface area contributed by atoms with Gasteiger partial charge in [-0.1, -0.05) is 11.6 Å². The smallest absolute Gasteiger partial charge is 0.255 e. The summed E-state index contributed by atoms with van der Waals surface area (Å²) in [6.07, 6.45) is 0. The maximum atomic E-state index is 14.2. The van der Waals surface area contributed by atoms with Crippen molar-refractivity contribution in [3.63, 3.8) is 0 Å². The van der Waals surface area contributed by atoms with Gasteiger partial charge in [-0.25, -0.2) is 22.0 Å². The third-order valence-corrected chi connectivity index (χ3v) is 6.25. The molecule has 0 aliphatic carbocycles. The summed E-state index contributed by atoms with van der Waals surface area (Å²) < 4.78 is 79.3. The van der Waals surface area contributed by atoms with E-state index in [1.54, 1.807) is 36.4 Å². The summed E-state index contributed by atoms with van der Waals surface area (Å²) in [6.45, 7) is 0.388. The summed E-state index contributed by atoms with van der Waals surface area (Å²) in [7, 11) is 2.94. The number of benzene rings is 3. The number of piperazine rings is 1. The lowest BCUT2D eigenvalue weighted by Gasteiger charge is -2.38. The summed E-state index contributed by atoms with van der Waals surface area (Å²) in [4.78, 5) is 15.6. The van der Waals surface area contributed by atoms with Crippen LogP contribution in [0.1, 0.15) is 10.4 Å². The van der Waals surface area contributed by atoms with Crippen molar-refractivity contribution >= 4 is 34.6 Å². The zero-order chi connectivity index (χ0) is 26.9. The number of hydrogen-bond acceptors (Lipinski definition) is 5. The molecule has 1 heterocycles. The van der Waals surface area contributed by atoms with Gasteiger partial charge >= 0.3 is 0 Å². The first-order valence-electron chi connectivity index (χ1n) is 11.0. The fourth-order valence-corrected chi connectivity index (χ4v) is 4.32. The van der Waals surface area contributed by atoms with E-state index in [4.69, 9.17) is 21.1 Å². The molecule has 0 aromatic heterocycles. The number of nitrogens with zero attached hydrogens (tertiary/aromatic N) is 2. The molecule has 1 aliphatic rings. The number of amides is 1. The van der Waals surface area contributed by atoms with E-state index in [9.17, 15) is 26.7 Å². The number of rotatable bonds is 6. The van der Waals surface area contributed by atoms with Gasteiger partial charge in [-0.3, -0.25) is 4.79 Å². The molecule has 4 rings (SSSR count). The predicted octanol–water partition coefficient (Wildman–Crippen LogP) is 5.63. The highest BCUT2D eigenvalue weighted by molar-refractivity contribution is 6.33. The van der Waals surface area contributed by atoms with E-state index in [1.807, 2.05) is 4.90 Å². The average molecular weight is 542 g/mol. The molecule has 0 atom stereocenters. The third-order valence-electron chi connectivity index (χ3n) is 5.94. The number of anilines is 3. The molecule has 0 spiro atoms. The molecule has 1 saturated heterocycles. The number of hydrogen-bond donors (Lipinski definition) is 1. The minimum atomic E-state index is -2.19. The maximum absolute atomic E-state index is 14.2. The van der Waals surface area contributed by atoms with Crippen LogP contribution in [0.15, 0.2) is 36.4 Å². The second kappa shape index (κ2) is 10.7. The number of ether oxygens (including phenoxy) is 2. The molecule has 0 saturated carbocycles. The predicted molar refractivity (Wildman–Crippen MR) is 130 cm³/mol. The quantitative estimate of drug-likeness (QED) is 0.249. The second-order valence-electron chi connectivity index (χ2n) is 8.11. The standard InChI is InChI=1S/C25H21ClF5N3O3/c1-36-15-9-13(10-16(12-15)37-2)25(35)32-14-3-4-18(17(26)11-14)33-5-7-34(8-6-33)24-22(30)20(28)19(27)21(29)23(24)31/h3-4,9-12H,5-8H2,1-2H3,(H,32,35). The number of nitrogens with one attached hydrogen (secondary N) is 1. The Hall–Kier alpha value is -3.73. The van der Waals surface area contributed by atoms with Crippen LogP contribution in [0.5, 0.6) is 11.5 Å². The van der Waals surface area contributed by atoms with Crippen molar-refractivity contribution in [3.05, 3.63) is 76.1 Å². The Morgan fingerprint density at radius 2 is 1.30 bits per heavy atom. The highest BCUT2D eigenvalue weighted by Gasteiger charge is 2.31. The summed E-state index contributed by atoms with van der Waals surface area (Å²) in [5.74, 6) is -9.41. The van der Waals surface area contributed by atoms with Crippen molar-refractivity contribution in [2.24, 2.45) is 0 Å². The first-order chi connectivity index (χ1) is 17.6.